The summed E-state index contributed by atoms with van der Waals surface area (Å²) in [6.07, 6.45) is 2.56. The zero-order valence-electron chi connectivity index (χ0n) is 24.7. The molecular weight excluding hydrogens is 572 g/mol. The summed E-state index contributed by atoms with van der Waals surface area (Å²) in [5.41, 5.74) is 1.98. The van der Waals surface area contributed by atoms with E-state index in [1.165, 1.54) is 19.1 Å². The van der Waals surface area contributed by atoms with Crippen LogP contribution in [-0.2, 0) is 14.3 Å². The third-order valence-electron chi connectivity index (χ3n) is 7.19. The number of aryl methyl sites for hydroxylation is 2. The summed E-state index contributed by atoms with van der Waals surface area (Å²) in [6.45, 7) is 8.01. The van der Waals surface area contributed by atoms with Gasteiger partial charge in [-0.05, 0) is 56.0 Å². The number of methoxy groups -OCH3 is 2. The van der Waals surface area contributed by atoms with Crippen LogP contribution >= 0.6 is 11.3 Å². The molecule has 3 aromatic heterocycles. The second-order valence-corrected chi connectivity index (χ2v) is 11.5. The fourth-order valence-corrected chi connectivity index (χ4v) is 6.03. The lowest BCUT2D eigenvalue weighted by Crippen LogP contribution is -2.29. The van der Waals surface area contributed by atoms with Crippen LogP contribution in [0.1, 0.15) is 58.6 Å². The number of aromatic nitrogens is 3. The van der Waals surface area contributed by atoms with E-state index in [1.54, 1.807) is 54.8 Å². The first kappa shape index (κ1) is 29.8. The van der Waals surface area contributed by atoms with Crippen LogP contribution in [0.2, 0.25) is 0 Å². The Balaban J connectivity index is 1.71. The first-order valence-electron chi connectivity index (χ1n) is 13.7. The van der Waals surface area contributed by atoms with E-state index in [0.29, 0.717) is 46.6 Å². The molecule has 1 unspecified atom stereocenters. The SMILES string of the molecule is COC(=O)c1sc(N2C(=O)C(=O)C(=C(O)c3c(C)nc4ccccn34)C2c2ccc(OCCC(C)C)c(OC)c2)nc1C. The van der Waals surface area contributed by atoms with Crippen LogP contribution in [0.4, 0.5) is 5.13 Å². The number of ether oxygens (including phenoxy) is 3. The van der Waals surface area contributed by atoms with Gasteiger partial charge in [-0.25, -0.2) is 14.8 Å². The number of aliphatic hydroxyl groups is 1. The predicted octanol–water partition coefficient (Wildman–Crippen LogP) is 5.25. The number of amides is 1. The van der Waals surface area contributed by atoms with Crippen molar-refractivity contribution < 1.29 is 33.7 Å². The summed E-state index contributed by atoms with van der Waals surface area (Å²) in [5.74, 6) is -1.47. The third-order valence-corrected chi connectivity index (χ3v) is 8.33. The normalized spacial score (nSPS) is 16.3. The Hall–Kier alpha value is -4.71. The number of imidazole rings is 1. The van der Waals surface area contributed by atoms with E-state index in [4.69, 9.17) is 14.2 Å². The van der Waals surface area contributed by atoms with Gasteiger partial charge in [0.1, 0.15) is 16.2 Å². The third kappa shape index (κ3) is 5.34. The number of Topliss-reactive ketones (excluding diaryl/α,β-unsaturated/α-hetero) is 1. The number of carbonyl (C=O) groups excluding carboxylic acids is 3. The van der Waals surface area contributed by atoms with Gasteiger partial charge in [0, 0.05) is 6.20 Å². The number of benzene rings is 1. The number of esters is 1. The fourth-order valence-electron chi connectivity index (χ4n) is 5.02. The van der Waals surface area contributed by atoms with Crippen molar-refractivity contribution in [3.63, 3.8) is 0 Å². The Morgan fingerprint density at radius 2 is 1.84 bits per heavy atom. The highest BCUT2D eigenvalue weighted by Crippen LogP contribution is 2.46. The highest BCUT2D eigenvalue weighted by molar-refractivity contribution is 7.17. The second kappa shape index (κ2) is 11.9. The quantitative estimate of drug-likeness (QED) is 0.118. The number of thiazole rings is 1. The molecule has 43 heavy (non-hydrogen) atoms. The molecule has 224 valence electrons. The van der Waals surface area contributed by atoms with E-state index in [-0.39, 0.29) is 27.0 Å². The molecule has 0 spiro atoms. The Morgan fingerprint density at radius 3 is 2.53 bits per heavy atom. The lowest BCUT2D eigenvalue weighted by molar-refractivity contribution is -0.132. The van der Waals surface area contributed by atoms with Gasteiger partial charge in [0.25, 0.3) is 5.78 Å². The molecule has 1 fully saturated rings. The molecular formula is C31H32N4O7S. The second-order valence-electron chi connectivity index (χ2n) is 10.5. The van der Waals surface area contributed by atoms with E-state index in [9.17, 15) is 19.5 Å². The topological polar surface area (TPSA) is 133 Å². The number of hydrogen-bond donors (Lipinski definition) is 1. The van der Waals surface area contributed by atoms with Gasteiger partial charge in [-0.1, -0.05) is 37.3 Å². The van der Waals surface area contributed by atoms with Gasteiger partial charge in [-0.2, -0.15) is 0 Å². The number of hydrogen-bond acceptors (Lipinski definition) is 10. The van der Waals surface area contributed by atoms with Gasteiger partial charge in [-0.15, -0.1) is 0 Å². The van der Waals surface area contributed by atoms with E-state index in [2.05, 4.69) is 23.8 Å². The maximum absolute atomic E-state index is 13.8. The van der Waals surface area contributed by atoms with Crippen molar-refractivity contribution in [1.29, 1.82) is 0 Å². The van der Waals surface area contributed by atoms with E-state index < -0.39 is 23.7 Å². The fraction of sp³-hybridized carbons (Fsp3) is 0.323. The Kier molecular flexibility index (Phi) is 8.23. The van der Waals surface area contributed by atoms with Crippen molar-refractivity contribution in [2.45, 2.75) is 40.2 Å². The van der Waals surface area contributed by atoms with Crippen LogP contribution in [0.3, 0.4) is 0 Å². The van der Waals surface area contributed by atoms with Crippen LogP contribution in [0.5, 0.6) is 11.5 Å². The standard InChI is InChI=1S/C31H32N4O7S/c1-16(2)12-14-42-20-11-10-19(15-21(20)40-5)25-23(26(36)24-17(3)32-22-9-7-8-13-34(22)24)27(37)29(38)35(25)31-33-18(4)28(43-31)30(39)41-6/h7-11,13,15-16,25,36H,12,14H2,1-6H3. The summed E-state index contributed by atoms with van der Waals surface area (Å²) in [6, 6.07) is 9.35. The van der Waals surface area contributed by atoms with E-state index in [1.807, 2.05) is 6.07 Å². The zero-order chi connectivity index (χ0) is 31.0. The Bertz CT molecular complexity index is 1770. The van der Waals surface area contributed by atoms with Crippen LogP contribution in [-0.4, -0.2) is 58.0 Å². The molecule has 1 N–H and O–H groups in total. The number of carbonyl (C=O) groups is 3. The van der Waals surface area contributed by atoms with Crippen molar-refractivity contribution in [3.8, 4) is 11.5 Å². The monoisotopic (exact) mass is 604 g/mol. The van der Waals surface area contributed by atoms with Crippen molar-refractivity contribution >= 4 is 45.5 Å². The minimum atomic E-state index is -1.11. The van der Waals surface area contributed by atoms with Crippen LogP contribution in [0.25, 0.3) is 11.4 Å². The maximum Gasteiger partial charge on any atom is 0.350 e. The summed E-state index contributed by atoms with van der Waals surface area (Å²) in [4.78, 5) is 50.2. The number of nitrogens with zero attached hydrogens (tertiary/aromatic N) is 4. The maximum atomic E-state index is 13.8. The van der Waals surface area contributed by atoms with Crippen molar-refractivity contribution in [2.24, 2.45) is 5.92 Å². The average molecular weight is 605 g/mol. The van der Waals surface area contributed by atoms with Crippen LogP contribution < -0.4 is 14.4 Å². The molecule has 12 heteroatoms. The Labute approximate surface area is 252 Å². The minimum Gasteiger partial charge on any atom is -0.505 e. The number of pyridine rings is 1. The molecule has 4 aromatic rings. The summed E-state index contributed by atoms with van der Waals surface area (Å²) in [7, 11) is 2.75. The van der Waals surface area contributed by atoms with Crippen molar-refractivity contribution in [1.82, 2.24) is 14.4 Å². The molecule has 11 nitrogen and oxygen atoms in total. The average Bonchev–Trinajstić information content (AvgIpc) is 3.62. The molecule has 1 aromatic carbocycles. The van der Waals surface area contributed by atoms with Crippen molar-refractivity contribution in [3.05, 3.63) is 75.7 Å². The molecule has 4 heterocycles. The minimum absolute atomic E-state index is 0.107. The lowest BCUT2D eigenvalue weighted by atomic mass is 9.96. The molecule has 0 bridgehead atoms. The highest BCUT2D eigenvalue weighted by atomic mass is 32.1. The lowest BCUT2D eigenvalue weighted by Gasteiger charge is -2.24. The summed E-state index contributed by atoms with van der Waals surface area (Å²) in [5, 5.41) is 11.9. The van der Waals surface area contributed by atoms with Gasteiger partial charge in [0.05, 0.1) is 43.8 Å². The first-order chi connectivity index (χ1) is 20.6. The Morgan fingerprint density at radius 1 is 1.07 bits per heavy atom. The van der Waals surface area contributed by atoms with Crippen LogP contribution in [0, 0.1) is 19.8 Å². The number of anilines is 1. The number of fused-ring (bicyclic) bond motifs is 1. The number of ketones is 1. The van der Waals surface area contributed by atoms with Gasteiger partial charge in [0.15, 0.2) is 22.4 Å². The van der Waals surface area contributed by atoms with E-state index in [0.717, 1.165) is 17.8 Å². The molecule has 1 aliphatic rings. The van der Waals surface area contributed by atoms with Gasteiger partial charge in [-0.3, -0.25) is 18.9 Å². The molecule has 5 rings (SSSR count). The van der Waals surface area contributed by atoms with Crippen LogP contribution in [0.15, 0.2) is 48.2 Å². The van der Waals surface area contributed by atoms with Crippen molar-refractivity contribution in [2.75, 3.05) is 25.7 Å². The largest absolute Gasteiger partial charge is 0.505 e. The molecule has 1 saturated heterocycles. The highest BCUT2D eigenvalue weighted by Gasteiger charge is 2.49. The molecule has 1 amide bonds. The van der Waals surface area contributed by atoms with E-state index >= 15 is 0 Å². The van der Waals surface area contributed by atoms with Gasteiger partial charge in [0.2, 0.25) is 0 Å². The van der Waals surface area contributed by atoms with Gasteiger partial charge < -0.3 is 19.3 Å². The zero-order valence-corrected chi connectivity index (χ0v) is 25.5. The number of aliphatic hydroxyl groups excluding tert-OH is 1. The summed E-state index contributed by atoms with van der Waals surface area (Å²) >= 11 is 0.927. The smallest absolute Gasteiger partial charge is 0.350 e. The predicted molar refractivity (Wildman–Crippen MR) is 161 cm³/mol. The first-order valence-corrected chi connectivity index (χ1v) is 14.5. The molecule has 0 radical (unpaired) electrons. The molecule has 0 aliphatic carbocycles. The summed E-state index contributed by atoms with van der Waals surface area (Å²) < 4.78 is 18.1. The molecule has 1 atom stereocenters. The van der Waals surface area contributed by atoms with Gasteiger partial charge >= 0.3 is 11.9 Å². The molecule has 1 aliphatic heterocycles. The number of rotatable bonds is 9. The molecule has 0 saturated carbocycles.